The van der Waals surface area contributed by atoms with E-state index in [1.54, 1.807) is 5.57 Å². The number of benzene rings is 1. The lowest BCUT2D eigenvalue weighted by Crippen LogP contribution is -2.49. The van der Waals surface area contributed by atoms with Crippen molar-refractivity contribution < 1.29 is 9.53 Å². The molecule has 30 heavy (non-hydrogen) atoms. The smallest absolute Gasteiger partial charge is 0.311 e. The normalized spacial score (nSPS) is 36.7. The van der Waals surface area contributed by atoms with E-state index in [0.29, 0.717) is 5.92 Å². The molecule has 0 spiro atoms. The molecule has 4 nitrogen and oxygen atoms in total. The summed E-state index contributed by atoms with van der Waals surface area (Å²) in [5.41, 5.74) is 3.06. The van der Waals surface area contributed by atoms with Crippen molar-refractivity contribution in [2.24, 2.45) is 23.2 Å². The monoisotopic (exact) mass is 428 g/mol. The maximum atomic E-state index is 12.8. The van der Waals surface area contributed by atoms with E-state index in [0.717, 1.165) is 44.2 Å². The van der Waals surface area contributed by atoms with Crippen LogP contribution in [-0.4, -0.2) is 49.7 Å². The number of rotatable bonds is 3. The van der Waals surface area contributed by atoms with Crippen molar-refractivity contribution in [3.63, 3.8) is 0 Å². The van der Waals surface area contributed by atoms with Gasteiger partial charge in [0.2, 0.25) is 0 Å². The molecule has 0 amide bonds. The molecule has 4 aliphatic rings. The fourth-order valence-corrected chi connectivity index (χ4v) is 6.50. The topological polar surface area (TPSA) is 32.8 Å². The number of hydrogen-bond donors (Lipinski definition) is 0. The standard InChI is InChI=1S/C25H33ClN2O2/c1-17-4-3-9-25(2)15-23-20(14-22(17)25)21(24(29)30-23)16-27-10-12-28(13-11-27)19-7-5-18(26)6-8-19/h5-8,14,17,20-21,23H,3-4,9-13,15-16H2,1-2H3/t17-,20+,21+,23-,25+/m1/s1. The summed E-state index contributed by atoms with van der Waals surface area (Å²) in [6.45, 7) is 9.50. The van der Waals surface area contributed by atoms with Crippen molar-refractivity contribution >= 4 is 23.3 Å². The molecule has 5 heteroatoms. The SMILES string of the molecule is C[C@@H]1CCC[C@@]2(C)C[C@H]3OC(=O)[C@@H](CN4CCN(c5ccc(Cl)cc5)CC4)[C@@H]3C=C12. The highest BCUT2D eigenvalue weighted by Gasteiger charge is 2.52. The molecule has 1 aromatic rings. The van der Waals surface area contributed by atoms with Gasteiger partial charge >= 0.3 is 5.97 Å². The van der Waals surface area contributed by atoms with E-state index in [9.17, 15) is 4.79 Å². The van der Waals surface area contributed by atoms with Gasteiger partial charge in [-0.05, 0) is 54.9 Å². The Balaban J connectivity index is 1.25. The van der Waals surface area contributed by atoms with E-state index in [4.69, 9.17) is 16.3 Å². The van der Waals surface area contributed by atoms with Crippen molar-refractivity contribution in [2.45, 2.75) is 45.6 Å². The highest BCUT2D eigenvalue weighted by molar-refractivity contribution is 6.30. The van der Waals surface area contributed by atoms with Gasteiger partial charge in [-0.25, -0.2) is 0 Å². The minimum atomic E-state index is -0.0109. The van der Waals surface area contributed by atoms with Gasteiger partial charge < -0.3 is 9.64 Å². The molecule has 0 radical (unpaired) electrons. The number of fused-ring (bicyclic) bond motifs is 2. The van der Waals surface area contributed by atoms with Gasteiger partial charge in [-0.15, -0.1) is 0 Å². The van der Waals surface area contributed by atoms with Crippen LogP contribution < -0.4 is 4.90 Å². The molecular formula is C25H33ClN2O2. The van der Waals surface area contributed by atoms with Crippen LogP contribution in [0.3, 0.4) is 0 Å². The summed E-state index contributed by atoms with van der Waals surface area (Å²) in [6, 6.07) is 8.09. The molecule has 3 fully saturated rings. The Bertz CT molecular complexity index is 830. The molecule has 0 aromatic heterocycles. The number of ether oxygens (including phenoxy) is 1. The first-order chi connectivity index (χ1) is 14.4. The lowest BCUT2D eigenvalue weighted by molar-refractivity contribution is -0.145. The van der Waals surface area contributed by atoms with Gasteiger partial charge in [-0.1, -0.05) is 43.5 Å². The Hall–Kier alpha value is -1.52. The molecule has 2 saturated heterocycles. The van der Waals surface area contributed by atoms with Crippen molar-refractivity contribution in [3.8, 4) is 0 Å². The van der Waals surface area contributed by atoms with Crippen LogP contribution in [0, 0.1) is 23.2 Å². The van der Waals surface area contributed by atoms with Crippen LogP contribution in [0.2, 0.25) is 5.02 Å². The van der Waals surface area contributed by atoms with Gasteiger partial charge in [0.1, 0.15) is 6.10 Å². The molecular weight excluding hydrogens is 396 g/mol. The van der Waals surface area contributed by atoms with Gasteiger partial charge in [-0.3, -0.25) is 9.69 Å². The minimum absolute atomic E-state index is 0.0109. The summed E-state index contributed by atoms with van der Waals surface area (Å²) in [5, 5.41) is 0.775. The lowest BCUT2D eigenvalue weighted by Gasteiger charge is -2.46. The fraction of sp³-hybridized carbons (Fsp3) is 0.640. The summed E-state index contributed by atoms with van der Waals surface area (Å²) in [5.74, 6) is 0.916. The van der Waals surface area contributed by atoms with Crippen LogP contribution in [0.4, 0.5) is 5.69 Å². The minimum Gasteiger partial charge on any atom is -0.461 e. The van der Waals surface area contributed by atoms with Crippen LogP contribution >= 0.6 is 11.6 Å². The largest absolute Gasteiger partial charge is 0.461 e. The molecule has 0 unspecified atom stereocenters. The number of esters is 1. The number of carbonyl (C=O) groups excluding carboxylic acids is 1. The average molecular weight is 429 g/mol. The Kier molecular flexibility index (Phi) is 5.35. The summed E-state index contributed by atoms with van der Waals surface area (Å²) >= 11 is 6.02. The predicted octanol–water partition coefficient (Wildman–Crippen LogP) is 4.78. The van der Waals surface area contributed by atoms with E-state index < -0.39 is 0 Å². The quantitative estimate of drug-likeness (QED) is 0.512. The summed E-state index contributed by atoms with van der Waals surface area (Å²) in [6.07, 6.45) is 7.38. The highest BCUT2D eigenvalue weighted by atomic mass is 35.5. The van der Waals surface area contributed by atoms with Crippen LogP contribution in [0.15, 0.2) is 35.9 Å². The molecule has 2 heterocycles. The van der Waals surface area contributed by atoms with Crippen LogP contribution in [0.25, 0.3) is 0 Å². The van der Waals surface area contributed by atoms with E-state index >= 15 is 0 Å². The highest BCUT2D eigenvalue weighted by Crippen LogP contribution is 2.54. The van der Waals surface area contributed by atoms with Crippen LogP contribution in [0.1, 0.15) is 39.5 Å². The predicted molar refractivity (Wildman–Crippen MR) is 121 cm³/mol. The molecule has 1 aromatic carbocycles. The fourth-order valence-electron chi connectivity index (χ4n) is 6.38. The third-order valence-corrected chi connectivity index (χ3v) is 8.35. The Morgan fingerprint density at radius 3 is 2.63 bits per heavy atom. The van der Waals surface area contributed by atoms with Gasteiger partial charge in [0.15, 0.2) is 0 Å². The van der Waals surface area contributed by atoms with Crippen LogP contribution in [0.5, 0.6) is 0 Å². The average Bonchev–Trinajstić information content (AvgIpc) is 3.01. The molecule has 2 aliphatic heterocycles. The van der Waals surface area contributed by atoms with Crippen molar-refractivity contribution in [1.29, 1.82) is 0 Å². The number of hydrogen-bond acceptors (Lipinski definition) is 4. The van der Waals surface area contributed by atoms with Gasteiger partial charge in [-0.2, -0.15) is 0 Å². The van der Waals surface area contributed by atoms with Gasteiger partial charge in [0.05, 0.1) is 5.92 Å². The first-order valence-corrected chi connectivity index (χ1v) is 12.0. The molecule has 0 bridgehead atoms. The van der Waals surface area contributed by atoms with Crippen molar-refractivity contribution in [2.75, 3.05) is 37.6 Å². The summed E-state index contributed by atoms with van der Waals surface area (Å²) in [4.78, 5) is 17.7. The molecule has 162 valence electrons. The number of anilines is 1. The number of nitrogens with zero attached hydrogens (tertiary/aromatic N) is 2. The number of allylic oxidation sites excluding steroid dienone is 1. The number of carbonyl (C=O) groups is 1. The molecule has 1 saturated carbocycles. The molecule has 5 atom stereocenters. The molecule has 5 rings (SSSR count). The van der Waals surface area contributed by atoms with E-state index in [-0.39, 0.29) is 29.3 Å². The second-order valence-electron chi connectivity index (χ2n) is 10.1. The van der Waals surface area contributed by atoms with E-state index in [1.165, 1.54) is 24.9 Å². The Morgan fingerprint density at radius 2 is 1.90 bits per heavy atom. The lowest BCUT2D eigenvalue weighted by atomic mass is 9.59. The number of piperazine rings is 1. The first-order valence-electron chi connectivity index (χ1n) is 11.6. The maximum absolute atomic E-state index is 12.8. The zero-order chi connectivity index (χ0) is 20.9. The summed E-state index contributed by atoms with van der Waals surface area (Å²) in [7, 11) is 0. The Labute approximate surface area is 185 Å². The van der Waals surface area contributed by atoms with Crippen LogP contribution in [-0.2, 0) is 9.53 Å². The second-order valence-corrected chi connectivity index (χ2v) is 10.5. The summed E-state index contributed by atoms with van der Waals surface area (Å²) < 4.78 is 5.94. The zero-order valence-corrected chi connectivity index (χ0v) is 18.9. The zero-order valence-electron chi connectivity index (χ0n) is 18.1. The first kappa shape index (κ1) is 20.4. The van der Waals surface area contributed by atoms with Gasteiger partial charge in [0, 0.05) is 49.4 Å². The van der Waals surface area contributed by atoms with Gasteiger partial charge in [0.25, 0.3) is 0 Å². The molecule has 2 aliphatic carbocycles. The molecule has 0 N–H and O–H groups in total. The van der Waals surface area contributed by atoms with Crippen molar-refractivity contribution in [3.05, 3.63) is 40.9 Å². The third kappa shape index (κ3) is 3.67. The second kappa shape index (κ2) is 7.87. The maximum Gasteiger partial charge on any atom is 0.311 e. The Morgan fingerprint density at radius 1 is 1.17 bits per heavy atom. The number of halogens is 1. The van der Waals surface area contributed by atoms with E-state index in [2.05, 4.69) is 41.9 Å². The van der Waals surface area contributed by atoms with Crippen molar-refractivity contribution in [1.82, 2.24) is 4.90 Å². The van der Waals surface area contributed by atoms with E-state index in [1.807, 2.05) is 12.1 Å². The third-order valence-electron chi connectivity index (χ3n) is 8.10.